The van der Waals surface area contributed by atoms with Crippen LogP contribution in [-0.4, -0.2) is 50.9 Å². The molecule has 1 aromatic carbocycles. The number of para-hydroxylation sites is 1. The molecule has 168 valence electrons. The van der Waals surface area contributed by atoms with E-state index in [0.29, 0.717) is 34.3 Å². The molecule has 7 rings (SSSR count). The predicted octanol–water partition coefficient (Wildman–Crippen LogP) is 4.02. The van der Waals surface area contributed by atoms with Crippen LogP contribution in [0.4, 0.5) is 10.2 Å². The van der Waals surface area contributed by atoms with Crippen LogP contribution < -0.4 is 15.0 Å². The number of hydrogen-bond donors (Lipinski definition) is 2. The van der Waals surface area contributed by atoms with E-state index in [-0.39, 0.29) is 23.7 Å². The van der Waals surface area contributed by atoms with Crippen LogP contribution >= 0.6 is 0 Å². The van der Waals surface area contributed by atoms with Crippen molar-refractivity contribution in [3.8, 4) is 17.1 Å². The van der Waals surface area contributed by atoms with Gasteiger partial charge in [0.15, 0.2) is 5.82 Å². The fourth-order valence-electron chi connectivity index (χ4n) is 6.11. The summed E-state index contributed by atoms with van der Waals surface area (Å²) in [4.78, 5) is 12.1. The lowest BCUT2D eigenvalue weighted by molar-refractivity contribution is 0.155. The Morgan fingerprint density at radius 1 is 1.15 bits per heavy atom. The molecule has 0 saturated carbocycles. The molecule has 0 radical (unpaired) electrons. The zero-order valence-corrected chi connectivity index (χ0v) is 18.8. The van der Waals surface area contributed by atoms with Crippen LogP contribution in [0.1, 0.15) is 31.0 Å². The van der Waals surface area contributed by atoms with Crippen molar-refractivity contribution >= 4 is 27.5 Å². The molecule has 3 aromatic heterocycles. The van der Waals surface area contributed by atoms with E-state index in [2.05, 4.69) is 27.3 Å². The molecule has 3 aliphatic heterocycles. The molecule has 6 heterocycles. The summed E-state index contributed by atoms with van der Waals surface area (Å²) in [5.41, 5.74) is 3.37. The standard InChI is InChI=1S/C25H25FN6O/c1-11-12(2)28-24-19-18(11)20(26)22(16-6-4-5-14-9-27-31-21(14)16)30-25(19)33-13(3)23-17-8-7-15(29-17)10-32(23)24/h4-6,9,13,15,17,23,29H,7-8,10H2,1-3H3,(H,27,31)/t13-,15+,17-,23+/m0/s1. The number of piperazine rings is 1. The van der Waals surface area contributed by atoms with E-state index in [1.54, 1.807) is 6.20 Å². The lowest BCUT2D eigenvalue weighted by atomic mass is 9.98. The minimum Gasteiger partial charge on any atom is -0.472 e. The molecule has 2 N–H and O–H groups in total. The molecule has 8 heteroatoms. The second-order valence-corrected chi connectivity index (χ2v) is 9.63. The number of halogens is 1. The number of rotatable bonds is 1. The Kier molecular flexibility index (Phi) is 3.87. The van der Waals surface area contributed by atoms with E-state index in [1.165, 1.54) is 0 Å². The van der Waals surface area contributed by atoms with Crippen LogP contribution in [0.2, 0.25) is 0 Å². The van der Waals surface area contributed by atoms with Gasteiger partial charge in [0.2, 0.25) is 5.88 Å². The topological polar surface area (TPSA) is 79.0 Å². The highest BCUT2D eigenvalue weighted by Crippen LogP contribution is 2.45. The number of anilines is 1. The van der Waals surface area contributed by atoms with Gasteiger partial charge in [-0.15, -0.1) is 0 Å². The van der Waals surface area contributed by atoms with Crippen molar-refractivity contribution in [2.45, 2.75) is 57.8 Å². The molecule has 0 unspecified atom stereocenters. The van der Waals surface area contributed by atoms with Crippen molar-refractivity contribution in [2.75, 3.05) is 11.4 Å². The molecule has 33 heavy (non-hydrogen) atoms. The van der Waals surface area contributed by atoms with Crippen LogP contribution in [0.25, 0.3) is 32.9 Å². The van der Waals surface area contributed by atoms with Crippen LogP contribution in [0.3, 0.4) is 0 Å². The summed E-state index contributed by atoms with van der Waals surface area (Å²) in [5, 5.41) is 13.0. The SMILES string of the molecule is Cc1nc2c3c(nc(-c4cccc5cn[nH]c45)c(F)c3c1C)O[C@@H](C)[C@@H]1[C@@H]3CC[C@H](CN21)N3. The first-order chi connectivity index (χ1) is 16.0. The third-order valence-corrected chi connectivity index (χ3v) is 7.77. The van der Waals surface area contributed by atoms with Gasteiger partial charge in [-0.1, -0.05) is 18.2 Å². The van der Waals surface area contributed by atoms with E-state index in [1.807, 2.05) is 32.0 Å². The highest BCUT2D eigenvalue weighted by atomic mass is 19.1. The van der Waals surface area contributed by atoms with Crippen molar-refractivity contribution in [3.05, 3.63) is 41.5 Å². The van der Waals surface area contributed by atoms with Gasteiger partial charge in [0.25, 0.3) is 0 Å². The molecule has 0 amide bonds. The minimum atomic E-state index is -0.340. The Morgan fingerprint density at radius 3 is 2.91 bits per heavy atom. The maximum atomic E-state index is 16.4. The van der Waals surface area contributed by atoms with Crippen LogP contribution in [-0.2, 0) is 0 Å². The summed E-state index contributed by atoms with van der Waals surface area (Å²) in [5.74, 6) is 0.919. The average Bonchev–Trinajstić information content (AvgIpc) is 3.41. The van der Waals surface area contributed by atoms with Crippen molar-refractivity contribution in [1.29, 1.82) is 0 Å². The van der Waals surface area contributed by atoms with E-state index in [4.69, 9.17) is 14.7 Å². The summed E-state index contributed by atoms with van der Waals surface area (Å²) < 4.78 is 22.9. The van der Waals surface area contributed by atoms with E-state index in [0.717, 1.165) is 47.4 Å². The first-order valence-corrected chi connectivity index (χ1v) is 11.6. The molecule has 3 aliphatic rings. The predicted molar refractivity (Wildman–Crippen MR) is 125 cm³/mol. The van der Waals surface area contributed by atoms with Gasteiger partial charge in [0.1, 0.15) is 17.6 Å². The Morgan fingerprint density at radius 2 is 2.03 bits per heavy atom. The number of pyridine rings is 2. The van der Waals surface area contributed by atoms with Crippen molar-refractivity contribution in [2.24, 2.45) is 0 Å². The highest BCUT2D eigenvalue weighted by molar-refractivity contribution is 6.03. The Balaban J connectivity index is 1.55. The van der Waals surface area contributed by atoms with Crippen LogP contribution in [0, 0.1) is 19.7 Å². The smallest absolute Gasteiger partial charge is 0.226 e. The normalized spacial score (nSPS) is 25.9. The molecule has 2 bridgehead atoms. The molecule has 0 aliphatic carbocycles. The quantitative estimate of drug-likeness (QED) is 0.462. The van der Waals surface area contributed by atoms with Gasteiger partial charge in [-0.25, -0.2) is 14.4 Å². The number of hydrogen-bond acceptors (Lipinski definition) is 6. The van der Waals surface area contributed by atoms with E-state index >= 15 is 4.39 Å². The fourth-order valence-corrected chi connectivity index (χ4v) is 6.11. The summed E-state index contributed by atoms with van der Waals surface area (Å²) in [6.07, 6.45) is 3.88. The third-order valence-electron chi connectivity index (χ3n) is 7.77. The van der Waals surface area contributed by atoms with Gasteiger partial charge in [-0.2, -0.15) is 5.10 Å². The number of nitrogens with zero attached hydrogens (tertiary/aromatic N) is 4. The number of fused-ring (bicyclic) bond motifs is 6. The van der Waals surface area contributed by atoms with Crippen molar-refractivity contribution in [1.82, 2.24) is 25.5 Å². The van der Waals surface area contributed by atoms with Gasteiger partial charge in [0, 0.05) is 40.7 Å². The van der Waals surface area contributed by atoms with Crippen LogP contribution in [0.5, 0.6) is 5.88 Å². The lowest BCUT2D eigenvalue weighted by Crippen LogP contribution is -2.62. The second-order valence-electron chi connectivity index (χ2n) is 9.63. The molecule has 0 spiro atoms. The molecule has 2 saturated heterocycles. The lowest BCUT2D eigenvalue weighted by Gasteiger charge is -2.43. The number of aromatic nitrogens is 4. The number of H-pyrrole nitrogens is 1. The van der Waals surface area contributed by atoms with Gasteiger partial charge in [-0.05, 0) is 39.2 Å². The van der Waals surface area contributed by atoms with Crippen molar-refractivity contribution in [3.63, 3.8) is 0 Å². The molecular formula is C25H25FN6O. The number of benzene rings is 1. The highest BCUT2D eigenvalue weighted by Gasteiger charge is 2.46. The fraction of sp³-hybridized carbons (Fsp3) is 0.400. The molecule has 2 fully saturated rings. The number of nitrogens with one attached hydrogen (secondary N) is 2. The van der Waals surface area contributed by atoms with Gasteiger partial charge in [-0.3, -0.25) is 5.10 Å². The Hall–Kier alpha value is -3.26. The van der Waals surface area contributed by atoms with E-state index < -0.39 is 0 Å². The first kappa shape index (κ1) is 19.2. The van der Waals surface area contributed by atoms with Gasteiger partial charge in [0.05, 0.1) is 23.1 Å². The maximum Gasteiger partial charge on any atom is 0.226 e. The summed E-state index contributed by atoms with van der Waals surface area (Å²) >= 11 is 0. The average molecular weight is 445 g/mol. The number of aryl methyl sites for hydroxylation is 2. The molecule has 7 nitrogen and oxygen atoms in total. The minimum absolute atomic E-state index is 0.117. The number of aromatic amines is 1. The van der Waals surface area contributed by atoms with Gasteiger partial charge >= 0.3 is 0 Å². The zero-order chi connectivity index (χ0) is 22.4. The summed E-state index contributed by atoms with van der Waals surface area (Å²) in [6, 6.07) is 6.60. The van der Waals surface area contributed by atoms with Gasteiger partial charge < -0.3 is 15.0 Å². The summed E-state index contributed by atoms with van der Waals surface area (Å²) in [6.45, 7) is 6.83. The Labute approximate surface area is 190 Å². The zero-order valence-electron chi connectivity index (χ0n) is 18.8. The van der Waals surface area contributed by atoms with Crippen molar-refractivity contribution < 1.29 is 9.13 Å². The third kappa shape index (κ3) is 2.55. The summed E-state index contributed by atoms with van der Waals surface area (Å²) in [7, 11) is 0. The first-order valence-electron chi connectivity index (χ1n) is 11.6. The molecule has 4 aromatic rings. The number of ether oxygens (including phenoxy) is 1. The maximum absolute atomic E-state index is 16.4. The monoisotopic (exact) mass is 444 g/mol. The molecular weight excluding hydrogens is 419 g/mol. The Bertz CT molecular complexity index is 1450. The van der Waals surface area contributed by atoms with Crippen LogP contribution in [0.15, 0.2) is 24.4 Å². The molecule has 4 atom stereocenters. The van der Waals surface area contributed by atoms with E-state index in [9.17, 15) is 0 Å². The second kappa shape index (κ2) is 6.63. The largest absolute Gasteiger partial charge is 0.472 e.